The van der Waals surface area contributed by atoms with E-state index in [1.807, 2.05) is 6.92 Å². The first kappa shape index (κ1) is 12.1. The third-order valence-corrected chi connectivity index (χ3v) is 3.54. The molecule has 2 atom stereocenters. The maximum Gasteiger partial charge on any atom is 0.348 e. The molecule has 1 aromatic heterocycles. The highest BCUT2D eigenvalue weighted by atomic mass is 32.1. The number of nitrogens with one attached hydrogen (secondary N) is 1. The Labute approximate surface area is 102 Å². The van der Waals surface area contributed by atoms with Crippen LogP contribution < -0.4 is 5.32 Å². The molecule has 5 nitrogen and oxygen atoms in total. The van der Waals surface area contributed by atoms with Crippen molar-refractivity contribution in [3.05, 3.63) is 16.3 Å². The molecule has 2 heterocycles. The molecule has 0 bridgehead atoms. The van der Waals surface area contributed by atoms with Gasteiger partial charge < -0.3 is 15.2 Å². The van der Waals surface area contributed by atoms with Gasteiger partial charge in [0.2, 0.25) is 0 Å². The summed E-state index contributed by atoms with van der Waals surface area (Å²) in [5.74, 6) is -1.30. The molecule has 1 amide bonds. The van der Waals surface area contributed by atoms with Crippen LogP contribution in [-0.4, -0.2) is 29.2 Å². The second-order valence-corrected chi connectivity index (χ2v) is 4.89. The Morgan fingerprint density at radius 1 is 1.53 bits per heavy atom. The van der Waals surface area contributed by atoms with Crippen molar-refractivity contribution in [2.45, 2.75) is 32.0 Å². The first-order chi connectivity index (χ1) is 8.08. The molecule has 0 aromatic carbocycles. The zero-order chi connectivity index (χ0) is 12.4. The van der Waals surface area contributed by atoms with E-state index < -0.39 is 12.1 Å². The normalized spacial score (nSPS) is 23.6. The molecule has 0 aliphatic carbocycles. The number of hydrogen-bond acceptors (Lipinski definition) is 4. The average Bonchev–Trinajstić information content (AvgIpc) is 2.86. The van der Waals surface area contributed by atoms with Gasteiger partial charge in [-0.1, -0.05) is 0 Å². The summed E-state index contributed by atoms with van der Waals surface area (Å²) in [6.45, 7) is 1.92. The van der Waals surface area contributed by atoms with E-state index in [0.717, 1.165) is 17.8 Å². The fourth-order valence-electron chi connectivity index (χ4n) is 1.78. The molecule has 0 spiro atoms. The van der Waals surface area contributed by atoms with Crippen LogP contribution in [0, 0.1) is 0 Å². The van der Waals surface area contributed by atoms with Crippen molar-refractivity contribution in [1.29, 1.82) is 0 Å². The summed E-state index contributed by atoms with van der Waals surface area (Å²) in [7, 11) is 0. The Bertz CT molecular complexity index is 442. The lowest BCUT2D eigenvalue weighted by Crippen LogP contribution is -2.28. The van der Waals surface area contributed by atoms with Gasteiger partial charge in [-0.15, -0.1) is 11.3 Å². The number of rotatable bonds is 3. The average molecular weight is 255 g/mol. The maximum atomic E-state index is 11.8. The Morgan fingerprint density at radius 3 is 2.88 bits per heavy atom. The first-order valence-electron chi connectivity index (χ1n) is 5.35. The predicted molar refractivity (Wildman–Crippen MR) is 63.5 cm³/mol. The van der Waals surface area contributed by atoms with Crippen molar-refractivity contribution in [3.63, 3.8) is 0 Å². The second-order valence-electron chi connectivity index (χ2n) is 3.97. The molecule has 1 aliphatic heterocycles. The van der Waals surface area contributed by atoms with Crippen LogP contribution in [-0.2, 0) is 9.53 Å². The van der Waals surface area contributed by atoms with Crippen molar-refractivity contribution >= 4 is 28.9 Å². The molecule has 2 N–H and O–H groups in total. The van der Waals surface area contributed by atoms with Gasteiger partial charge in [-0.3, -0.25) is 4.79 Å². The molecule has 0 radical (unpaired) electrons. The summed E-state index contributed by atoms with van der Waals surface area (Å²) in [5.41, 5.74) is 0.343. The highest BCUT2D eigenvalue weighted by Crippen LogP contribution is 2.25. The molecule has 1 fully saturated rings. The fraction of sp³-hybridized carbons (Fsp3) is 0.455. The molecule has 17 heavy (non-hydrogen) atoms. The topological polar surface area (TPSA) is 75.6 Å². The molecule has 6 heteroatoms. The van der Waals surface area contributed by atoms with Crippen LogP contribution >= 0.6 is 11.3 Å². The van der Waals surface area contributed by atoms with Crippen LogP contribution in [0.15, 0.2) is 11.4 Å². The number of ether oxygens (including phenoxy) is 1. The lowest BCUT2D eigenvalue weighted by atomic mass is 10.2. The minimum Gasteiger partial charge on any atom is -0.477 e. The number of carbonyl (C=O) groups excluding carboxylic acids is 1. The quantitative estimate of drug-likeness (QED) is 0.865. The molecule has 1 aromatic rings. The van der Waals surface area contributed by atoms with E-state index >= 15 is 0 Å². The number of carboxylic acids is 1. The molecule has 0 saturated carbocycles. The van der Waals surface area contributed by atoms with Gasteiger partial charge in [-0.05, 0) is 31.2 Å². The number of anilines is 1. The SMILES string of the molecule is CC1CCC(C(=O)Nc2ccsc2C(=O)O)O1. The van der Waals surface area contributed by atoms with E-state index in [2.05, 4.69) is 5.32 Å². The number of carboxylic acid groups (broad SMARTS) is 1. The molecular weight excluding hydrogens is 242 g/mol. The number of carbonyl (C=O) groups is 2. The molecule has 1 saturated heterocycles. The number of aromatic carboxylic acids is 1. The highest BCUT2D eigenvalue weighted by Gasteiger charge is 2.29. The van der Waals surface area contributed by atoms with Gasteiger partial charge in [-0.2, -0.15) is 0 Å². The van der Waals surface area contributed by atoms with Gasteiger partial charge in [0.1, 0.15) is 11.0 Å². The Balaban J connectivity index is 2.03. The summed E-state index contributed by atoms with van der Waals surface area (Å²) < 4.78 is 5.42. The Hall–Kier alpha value is -1.40. The predicted octanol–water partition coefficient (Wildman–Crippen LogP) is 1.95. The van der Waals surface area contributed by atoms with Crippen LogP contribution in [0.4, 0.5) is 5.69 Å². The minimum atomic E-state index is -1.03. The van der Waals surface area contributed by atoms with Crippen LogP contribution in [0.25, 0.3) is 0 Å². The van der Waals surface area contributed by atoms with E-state index in [9.17, 15) is 9.59 Å². The van der Waals surface area contributed by atoms with Gasteiger partial charge in [0.15, 0.2) is 0 Å². The summed E-state index contributed by atoms with van der Waals surface area (Å²) >= 11 is 1.09. The van der Waals surface area contributed by atoms with Gasteiger partial charge >= 0.3 is 5.97 Å². The zero-order valence-electron chi connectivity index (χ0n) is 9.30. The molecular formula is C11H13NO4S. The van der Waals surface area contributed by atoms with Crippen molar-refractivity contribution in [2.24, 2.45) is 0 Å². The largest absolute Gasteiger partial charge is 0.477 e. The third-order valence-electron chi connectivity index (χ3n) is 2.64. The van der Waals surface area contributed by atoms with Crippen molar-refractivity contribution in [3.8, 4) is 0 Å². The molecule has 92 valence electrons. The Morgan fingerprint density at radius 2 is 2.29 bits per heavy atom. The minimum absolute atomic E-state index is 0.0900. The van der Waals surface area contributed by atoms with E-state index in [-0.39, 0.29) is 16.9 Å². The lowest BCUT2D eigenvalue weighted by molar-refractivity contribution is -0.126. The van der Waals surface area contributed by atoms with Crippen LogP contribution in [0.2, 0.25) is 0 Å². The first-order valence-corrected chi connectivity index (χ1v) is 6.23. The van der Waals surface area contributed by atoms with Crippen LogP contribution in [0.5, 0.6) is 0 Å². The monoisotopic (exact) mass is 255 g/mol. The summed E-state index contributed by atoms with van der Waals surface area (Å²) in [4.78, 5) is 22.8. The second kappa shape index (κ2) is 4.85. The van der Waals surface area contributed by atoms with Crippen molar-refractivity contribution in [1.82, 2.24) is 0 Å². The number of thiophene rings is 1. The summed E-state index contributed by atoms with van der Waals surface area (Å²) in [6, 6.07) is 1.59. The smallest absolute Gasteiger partial charge is 0.348 e. The maximum absolute atomic E-state index is 11.8. The standard InChI is InChI=1S/C11H13NO4S/c1-6-2-3-8(16-6)10(13)12-7-4-5-17-9(7)11(14)15/h4-6,8H,2-3H2,1H3,(H,12,13)(H,14,15). The highest BCUT2D eigenvalue weighted by molar-refractivity contribution is 7.12. The molecule has 2 rings (SSSR count). The fourth-order valence-corrected chi connectivity index (χ4v) is 2.47. The van der Waals surface area contributed by atoms with Crippen LogP contribution in [0.3, 0.4) is 0 Å². The lowest BCUT2D eigenvalue weighted by Gasteiger charge is -2.11. The van der Waals surface area contributed by atoms with Gasteiger partial charge in [0, 0.05) is 0 Å². The number of amides is 1. The third kappa shape index (κ3) is 2.65. The van der Waals surface area contributed by atoms with E-state index in [1.54, 1.807) is 11.4 Å². The van der Waals surface area contributed by atoms with Gasteiger partial charge in [0.05, 0.1) is 11.8 Å². The van der Waals surface area contributed by atoms with Crippen molar-refractivity contribution in [2.75, 3.05) is 5.32 Å². The van der Waals surface area contributed by atoms with E-state index in [1.165, 1.54) is 0 Å². The molecule has 2 unspecified atom stereocenters. The van der Waals surface area contributed by atoms with Gasteiger partial charge in [-0.25, -0.2) is 4.79 Å². The zero-order valence-corrected chi connectivity index (χ0v) is 10.1. The van der Waals surface area contributed by atoms with Crippen LogP contribution in [0.1, 0.15) is 29.4 Å². The van der Waals surface area contributed by atoms with E-state index in [4.69, 9.17) is 9.84 Å². The van der Waals surface area contributed by atoms with Gasteiger partial charge in [0.25, 0.3) is 5.91 Å². The summed E-state index contributed by atoms with van der Waals surface area (Å²) in [5, 5.41) is 13.1. The Kier molecular flexibility index (Phi) is 3.44. The number of hydrogen-bond donors (Lipinski definition) is 2. The van der Waals surface area contributed by atoms with Crippen molar-refractivity contribution < 1.29 is 19.4 Å². The molecule has 1 aliphatic rings. The van der Waals surface area contributed by atoms with E-state index in [0.29, 0.717) is 12.1 Å². The summed E-state index contributed by atoms with van der Waals surface area (Å²) in [6.07, 6.45) is 1.16.